The van der Waals surface area contributed by atoms with Crippen molar-refractivity contribution < 1.29 is 23.1 Å². The topological polar surface area (TPSA) is 71.7 Å². The summed E-state index contributed by atoms with van der Waals surface area (Å²) in [5.41, 5.74) is 0.576. The van der Waals surface area contributed by atoms with Crippen LogP contribution < -0.4 is 0 Å². The number of hydrogen-bond donors (Lipinski definition) is 0. The summed E-state index contributed by atoms with van der Waals surface area (Å²) < 4.78 is 34.9. The number of ether oxygens (including phenoxy) is 1. The van der Waals surface area contributed by atoms with E-state index >= 15 is 0 Å². The Labute approximate surface area is 193 Å². The Morgan fingerprint density at radius 3 is 1.73 bits per heavy atom. The number of nitrogens with zero attached hydrogens (tertiary/aromatic N) is 2. The van der Waals surface area contributed by atoms with Crippen LogP contribution in [-0.2, 0) is 23.1 Å². The van der Waals surface area contributed by atoms with Crippen molar-refractivity contribution in [2.75, 3.05) is 19.8 Å². The van der Waals surface area contributed by atoms with Gasteiger partial charge in [-0.25, -0.2) is 0 Å². The first-order chi connectivity index (χ1) is 16.0. The van der Waals surface area contributed by atoms with E-state index in [1.54, 1.807) is 20.8 Å². The lowest BCUT2D eigenvalue weighted by Crippen LogP contribution is -2.38. The number of carbonyl (C=O) groups is 1. The lowest BCUT2D eigenvalue weighted by molar-refractivity contribution is -0.144. The number of aromatic nitrogens is 2. The van der Waals surface area contributed by atoms with Crippen molar-refractivity contribution in [1.82, 2.24) is 9.13 Å². The van der Waals surface area contributed by atoms with Crippen molar-refractivity contribution in [2.45, 2.75) is 32.6 Å². The van der Waals surface area contributed by atoms with Gasteiger partial charge in [0.05, 0.1) is 19.8 Å². The molecule has 2 aromatic carbocycles. The first-order valence-electron chi connectivity index (χ1n) is 11.2. The van der Waals surface area contributed by atoms with Crippen molar-refractivity contribution >= 4 is 35.4 Å². The normalized spacial score (nSPS) is 13.1. The average Bonchev–Trinajstić information content (AvgIpc) is 3.42. The number of rotatable bonds is 10. The molecule has 0 bridgehead atoms. The predicted molar refractivity (Wildman–Crippen MR) is 130 cm³/mol. The van der Waals surface area contributed by atoms with Gasteiger partial charge in [-0.15, -0.1) is 0 Å². The minimum absolute atomic E-state index is 0.138. The molecular formula is C25H29N2O5P. The third-order valence-electron chi connectivity index (χ3n) is 5.60. The van der Waals surface area contributed by atoms with Crippen LogP contribution in [0.5, 0.6) is 0 Å². The molecule has 0 aliphatic rings. The third-order valence-corrected chi connectivity index (χ3v) is 7.99. The maximum absolute atomic E-state index is 14.2. The molecule has 0 aliphatic heterocycles. The summed E-state index contributed by atoms with van der Waals surface area (Å²) in [6.07, 6.45) is 3.06. The fraction of sp³-hybridized carbons (Fsp3) is 0.320. The number of para-hydroxylation sites is 2. The van der Waals surface area contributed by atoms with E-state index in [-0.39, 0.29) is 19.8 Å². The summed E-state index contributed by atoms with van der Waals surface area (Å²) in [4.78, 5) is 13.5. The van der Waals surface area contributed by atoms with Crippen molar-refractivity contribution in [1.29, 1.82) is 0 Å². The summed E-state index contributed by atoms with van der Waals surface area (Å²) >= 11 is 0. The van der Waals surface area contributed by atoms with E-state index in [0.29, 0.717) is 0 Å². The second kappa shape index (κ2) is 9.96. The molecule has 4 rings (SSSR count). The highest BCUT2D eigenvalue weighted by molar-refractivity contribution is 7.55. The number of carbonyl (C=O) groups excluding carboxylic acids is 1. The smallest absolute Gasteiger partial charge is 0.348 e. The SMILES string of the molecule is CCOC(=O)C(C(n1ccc2ccccc21)n1ccc2ccccc21)P(=O)(OCC)OCC. The second-order valence-corrected chi connectivity index (χ2v) is 9.70. The zero-order valence-corrected chi connectivity index (χ0v) is 20.0. The molecule has 1 unspecified atom stereocenters. The molecule has 2 aromatic heterocycles. The van der Waals surface area contributed by atoms with Crippen LogP contribution in [0.1, 0.15) is 26.9 Å². The van der Waals surface area contributed by atoms with Gasteiger partial charge in [0.2, 0.25) is 0 Å². The first-order valence-corrected chi connectivity index (χ1v) is 12.8. The highest BCUT2D eigenvalue weighted by Crippen LogP contribution is 2.57. The van der Waals surface area contributed by atoms with E-state index in [1.165, 1.54) is 0 Å². The molecule has 0 saturated carbocycles. The second-order valence-electron chi connectivity index (χ2n) is 7.55. The molecule has 0 aliphatic carbocycles. The Morgan fingerprint density at radius 1 is 0.788 bits per heavy atom. The van der Waals surface area contributed by atoms with E-state index in [4.69, 9.17) is 13.8 Å². The van der Waals surface area contributed by atoms with Crippen molar-refractivity contribution in [3.8, 4) is 0 Å². The fourth-order valence-electron chi connectivity index (χ4n) is 4.31. The number of benzene rings is 2. The van der Waals surface area contributed by atoms with Crippen LogP contribution in [0.2, 0.25) is 0 Å². The molecule has 33 heavy (non-hydrogen) atoms. The van der Waals surface area contributed by atoms with Gasteiger partial charge in [-0.2, -0.15) is 0 Å². The Balaban J connectivity index is 2.02. The minimum Gasteiger partial charge on any atom is -0.465 e. The molecule has 0 N–H and O–H groups in total. The Morgan fingerprint density at radius 2 is 1.27 bits per heavy atom. The minimum atomic E-state index is -3.93. The molecule has 0 radical (unpaired) electrons. The molecule has 1 atom stereocenters. The Bertz CT molecular complexity index is 1210. The van der Waals surface area contributed by atoms with Crippen LogP contribution in [-0.4, -0.2) is 40.6 Å². The fourth-order valence-corrected chi connectivity index (χ4v) is 6.37. The lowest BCUT2D eigenvalue weighted by atomic mass is 10.2. The maximum atomic E-state index is 14.2. The monoisotopic (exact) mass is 468 g/mol. The largest absolute Gasteiger partial charge is 0.465 e. The van der Waals surface area contributed by atoms with Crippen molar-refractivity contribution in [3.63, 3.8) is 0 Å². The maximum Gasteiger partial charge on any atom is 0.348 e. The lowest BCUT2D eigenvalue weighted by Gasteiger charge is -2.33. The highest BCUT2D eigenvalue weighted by Gasteiger charge is 2.49. The predicted octanol–water partition coefficient (Wildman–Crippen LogP) is 5.84. The summed E-state index contributed by atoms with van der Waals surface area (Å²) in [5.74, 6) is -0.622. The molecule has 0 saturated heterocycles. The first kappa shape index (κ1) is 23.3. The number of fused-ring (bicyclic) bond motifs is 2. The van der Waals surface area contributed by atoms with Crippen molar-refractivity contribution in [3.05, 3.63) is 73.1 Å². The Hall–Kier alpha value is -2.86. The zero-order valence-electron chi connectivity index (χ0n) is 19.1. The van der Waals surface area contributed by atoms with Gasteiger partial charge in [0, 0.05) is 23.4 Å². The Kier molecular flexibility index (Phi) is 7.03. The molecule has 0 spiro atoms. The van der Waals surface area contributed by atoms with E-state index in [0.717, 1.165) is 21.8 Å². The summed E-state index contributed by atoms with van der Waals surface area (Å²) in [5, 5.41) is 2.01. The van der Waals surface area contributed by atoms with Crippen LogP contribution in [0.15, 0.2) is 73.1 Å². The molecule has 174 valence electrons. The van der Waals surface area contributed by atoms with Gasteiger partial charge in [0.25, 0.3) is 0 Å². The molecule has 4 aromatic rings. The standard InChI is InChI=1S/C25H29N2O5P/c1-4-30-25(28)23(33(29,31-5-2)32-6-3)24(26-17-15-19-11-7-9-13-21(19)26)27-18-16-20-12-8-10-14-22(20)27/h7-18,23-24H,4-6H2,1-3H3. The summed E-state index contributed by atoms with van der Waals surface area (Å²) in [6, 6.07) is 19.7. The summed E-state index contributed by atoms with van der Waals surface area (Å²) in [6.45, 7) is 5.63. The van der Waals surface area contributed by atoms with Gasteiger partial charge in [-0.05, 0) is 55.8 Å². The van der Waals surface area contributed by atoms with Gasteiger partial charge >= 0.3 is 13.6 Å². The van der Waals surface area contributed by atoms with E-state index in [1.807, 2.05) is 82.2 Å². The van der Waals surface area contributed by atoms with E-state index in [2.05, 4.69) is 0 Å². The highest BCUT2D eigenvalue weighted by atomic mass is 31.2. The molecule has 8 heteroatoms. The molecule has 0 amide bonds. The van der Waals surface area contributed by atoms with Crippen LogP contribution in [0.3, 0.4) is 0 Å². The van der Waals surface area contributed by atoms with Crippen LogP contribution in [0.4, 0.5) is 0 Å². The molecule has 0 fully saturated rings. The number of esters is 1. The van der Waals surface area contributed by atoms with E-state index in [9.17, 15) is 9.36 Å². The van der Waals surface area contributed by atoms with Gasteiger partial charge in [0.15, 0.2) is 5.66 Å². The van der Waals surface area contributed by atoms with Gasteiger partial charge < -0.3 is 22.9 Å². The summed E-state index contributed by atoms with van der Waals surface area (Å²) in [7, 11) is -3.93. The molecule has 2 heterocycles. The van der Waals surface area contributed by atoms with Gasteiger partial charge in [0.1, 0.15) is 6.17 Å². The van der Waals surface area contributed by atoms with Crippen LogP contribution >= 0.6 is 7.60 Å². The van der Waals surface area contributed by atoms with Gasteiger partial charge in [-0.1, -0.05) is 36.4 Å². The van der Waals surface area contributed by atoms with Crippen LogP contribution in [0, 0.1) is 0 Å². The average molecular weight is 468 g/mol. The molecular weight excluding hydrogens is 439 g/mol. The zero-order chi connectivity index (χ0) is 23.4. The van der Waals surface area contributed by atoms with Crippen molar-refractivity contribution in [2.24, 2.45) is 0 Å². The molecule has 7 nitrogen and oxygen atoms in total. The quantitative estimate of drug-likeness (QED) is 0.216. The number of hydrogen-bond acceptors (Lipinski definition) is 5. The van der Waals surface area contributed by atoms with Gasteiger partial charge in [-0.3, -0.25) is 9.36 Å². The van der Waals surface area contributed by atoms with E-state index < -0.39 is 25.4 Å². The van der Waals surface area contributed by atoms with Crippen LogP contribution in [0.25, 0.3) is 21.8 Å². The third kappa shape index (κ3) is 4.36.